The average molecular weight is 302 g/mol. The number of fused-ring (bicyclic) bond motifs is 1. The van der Waals surface area contributed by atoms with Gasteiger partial charge in [-0.25, -0.2) is 0 Å². The van der Waals surface area contributed by atoms with Crippen molar-refractivity contribution in [1.82, 2.24) is 0 Å². The van der Waals surface area contributed by atoms with Crippen LogP contribution in [-0.2, 0) is 9.59 Å². The largest absolute Gasteiger partial charge is 0.303 e. The third kappa shape index (κ3) is 2.85. The van der Waals surface area contributed by atoms with Crippen LogP contribution in [0.25, 0.3) is 0 Å². The number of hydrogen-bond donors (Lipinski definition) is 0. The molecule has 0 aliphatic heterocycles. The predicted molar refractivity (Wildman–Crippen MR) is 90.5 cm³/mol. The van der Waals surface area contributed by atoms with Gasteiger partial charge in [-0.3, -0.25) is 4.79 Å². The van der Waals surface area contributed by atoms with Crippen LogP contribution in [0.4, 0.5) is 0 Å². The van der Waals surface area contributed by atoms with Crippen LogP contribution >= 0.6 is 0 Å². The van der Waals surface area contributed by atoms with Crippen molar-refractivity contribution < 1.29 is 9.59 Å². The number of carbonyl (C=O) groups excluding carboxylic acids is 2. The number of carbonyl (C=O) groups is 2. The average Bonchev–Trinajstić information content (AvgIpc) is 2.50. The van der Waals surface area contributed by atoms with E-state index in [2.05, 4.69) is 33.8 Å². The van der Waals surface area contributed by atoms with Gasteiger partial charge in [-0.15, -0.1) is 0 Å². The summed E-state index contributed by atoms with van der Waals surface area (Å²) in [6.07, 6.45) is 12.2. The van der Waals surface area contributed by atoms with Gasteiger partial charge in [0.1, 0.15) is 12.6 Å². The van der Waals surface area contributed by atoms with E-state index in [1.54, 1.807) is 5.57 Å². The van der Waals surface area contributed by atoms with E-state index in [4.69, 9.17) is 0 Å². The summed E-state index contributed by atoms with van der Waals surface area (Å²) in [5.74, 6) is 1.31. The minimum atomic E-state index is 0.208. The summed E-state index contributed by atoms with van der Waals surface area (Å²) in [5, 5.41) is 0. The summed E-state index contributed by atoms with van der Waals surface area (Å²) >= 11 is 0. The second-order valence-corrected chi connectivity index (χ2v) is 7.85. The molecule has 2 aliphatic rings. The minimum Gasteiger partial charge on any atom is -0.303 e. The van der Waals surface area contributed by atoms with Crippen LogP contribution in [0, 0.1) is 22.7 Å². The van der Waals surface area contributed by atoms with Gasteiger partial charge in [0.2, 0.25) is 0 Å². The number of allylic oxidation sites excluding steroid dienone is 4. The Bertz CT molecular complexity index is 502. The predicted octanol–water partition coefficient (Wildman–Crippen LogP) is 4.89. The highest BCUT2D eigenvalue weighted by Gasteiger charge is 2.52. The zero-order chi connectivity index (χ0) is 16.4. The molecule has 4 atom stereocenters. The van der Waals surface area contributed by atoms with Crippen LogP contribution in [-0.4, -0.2) is 12.6 Å². The molecular weight excluding hydrogens is 272 g/mol. The SMILES string of the molecule is CC1=CCC[C@@H]2[C@@](C)(C/C=C(\C=O)CC=O)[C@H](C)CC[C@@]12C. The Morgan fingerprint density at radius 3 is 2.68 bits per heavy atom. The van der Waals surface area contributed by atoms with Gasteiger partial charge in [0, 0.05) is 6.42 Å². The molecular formula is C20H30O2. The Morgan fingerprint density at radius 1 is 1.32 bits per heavy atom. The van der Waals surface area contributed by atoms with Gasteiger partial charge in [0.25, 0.3) is 0 Å². The third-order valence-corrected chi connectivity index (χ3v) is 6.87. The van der Waals surface area contributed by atoms with E-state index in [-0.39, 0.29) is 11.8 Å². The lowest BCUT2D eigenvalue weighted by atomic mass is 9.47. The van der Waals surface area contributed by atoms with Gasteiger partial charge >= 0.3 is 0 Å². The monoisotopic (exact) mass is 302 g/mol. The quantitative estimate of drug-likeness (QED) is 0.411. The molecule has 0 unspecified atom stereocenters. The first kappa shape index (κ1) is 17.2. The first-order chi connectivity index (χ1) is 10.4. The first-order valence-electron chi connectivity index (χ1n) is 8.63. The molecule has 0 spiro atoms. The Hall–Kier alpha value is -1.18. The molecule has 0 bridgehead atoms. The molecule has 0 aromatic heterocycles. The Labute approximate surface area is 135 Å². The maximum atomic E-state index is 11.1. The van der Waals surface area contributed by atoms with Crippen LogP contribution in [0.3, 0.4) is 0 Å². The standard InChI is InChI=1S/C20H30O2/c1-15-6-5-7-18-19(15,3)11-8-16(2)20(18,4)12-9-17(14-22)10-13-21/h6,9,13-14,16,18H,5,7-8,10-12H2,1-4H3/b17-9-/t16-,18+,19+,20+/m1/s1. The molecule has 0 aromatic rings. The van der Waals surface area contributed by atoms with Gasteiger partial charge in [0.15, 0.2) is 0 Å². The zero-order valence-electron chi connectivity index (χ0n) is 14.5. The van der Waals surface area contributed by atoms with Gasteiger partial charge in [-0.05, 0) is 67.3 Å². The first-order valence-corrected chi connectivity index (χ1v) is 8.63. The van der Waals surface area contributed by atoms with Crippen LogP contribution < -0.4 is 0 Å². The van der Waals surface area contributed by atoms with Crippen LogP contribution in [0.1, 0.15) is 66.2 Å². The van der Waals surface area contributed by atoms with Crippen LogP contribution in [0.15, 0.2) is 23.3 Å². The Kier molecular flexibility index (Phi) is 5.09. The fraction of sp³-hybridized carbons (Fsp3) is 0.700. The highest BCUT2D eigenvalue weighted by Crippen LogP contribution is 2.61. The van der Waals surface area contributed by atoms with E-state index in [1.165, 1.54) is 25.7 Å². The lowest BCUT2D eigenvalue weighted by Gasteiger charge is -2.57. The number of rotatable bonds is 5. The van der Waals surface area contributed by atoms with Crippen LogP contribution in [0.2, 0.25) is 0 Å². The van der Waals surface area contributed by atoms with E-state index in [9.17, 15) is 9.59 Å². The van der Waals surface area contributed by atoms with Crippen molar-refractivity contribution in [3.05, 3.63) is 23.3 Å². The molecule has 2 nitrogen and oxygen atoms in total. The zero-order valence-corrected chi connectivity index (χ0v) is 14.5. The smallest absolute Gasteiger partial charge is 0.146 e. The number of aldehydes is 2. The Morgan fingerprint density at radius 2 is 2.05 bits per heavy atom. The van der Waals surface area contributed by atoms with Gasteiger partial charge in [-0.2, -0.15) is 0 Å². The van der Waals surface area contributed by atoms with Crippen LogP contribution in [0.5, 0.6) is 0 Å². The summed E-state index contributed by atoms with van der Waals surface area (Å²) in [6.45, 7) is 9.49. The van der Waals surface area contributed by atoms with Crippen molar-refractivity contribution in [3.8, 4) is 0 Å². The molecule has 2 rings (SSSR count). The highest BCUT2D eigenvalue weighted by atomic mass is 16.1. The van der Waals surface area contributed by atoms with Crippen molar-refractivity contribution in [2.24, 2.45) is 22.7 Å². The topological polar surface area (TPSA) is 34.1 Å². The molecule has 0 radical (unpaired) electrons. The summed E-state index contributed by atoms with van der Waals surface area (Å²) in [5.41, 5.74) is 2.70. The normalized spacial score (nSPS) is 38.9. The fourth-order valence-electron chi connectivity index (χ4n) is 4.88. The molecule has 2 aliphatic carbocycles. The summed E-state index contributed by atoms with van der Waals surface area (Å²) in [7, 11) is 0. The molecule has 22 heavy (non-hydrogen) atoms. The van der Waals surface area contributed by atoms with Crippen molar-refractivity contribution in [3.63, 3.8) is 0 Å². The molecule has 0 amide bonds. The number of hydrogen-bond acceptors (Lipinski definition) is 2. The second-order valence-electron chi connectivity index (χ2n) is 7.85. The van der Waals surface area contributed by atoms with Crippen molar-refractivity contribution >= 4 is 12.6 Å². The summed E-state index contributed by atoms with van der Waals surface area (Å²) in [4.78, 5) is 21.8. The van der Waals surface area contributed by atoms with Gasteiger partial charge < -0.3 is 4.79 Å². The Balaban J connectivity index is 2.31. The fourth-order valence-corrected chi connectivity index (χ4v) is 4.88. The molecule has 1 saturated carbocycles. The molecule has 0 heterocycles. The van der Waals surface area contributed by atoms with E-state index in [0.29, 0.717) is 22.8 Å². The van der Waals surface area contributed by atoms with Crippen molar-refractivity contribution in [1.29, 1.82) is 0 Å². The lowest BCUT2D eigenvalue weighted by Crippen LogP contribution is -2.49. The van der Waals surface area contributed by atoms with E-state index < -0.39 is 0 Å². The van der Waals surface area contributed by atoms with E-state index >= 15 is 0 Å². The molecule has 122 valence electrons. The van der Waals surface area contributed by atoms with Gasteiger partial charge in [-0.1, -0.05) is 38.5 Å². The summed E-state index contributed by atoms with van der Waals surface area (Å²) < 4.78 is 0. The minimum absolute atomic E-state index is 0.208. The molecule has 0 saturated heterocycles. The van der Waals surface area contributed by atoms with Crippen molar-refractivity contribution in [2.75, 3.05) is 0 Å². The third-order valence-electron chi connectivity index (χ3n) is 6.87. The second kappa shape index (κ2) is 6.52. The lowest BCUT2D eigenvalue weighted by molar-refractivity contribution is -0.109. The summed E-state index contributed by atoms with van der Waals surface area (Å²) in [6, 6.07) is 0. The van der Waals surface area contributed by atoms with E-state index in [1.807, 2.05) is 6.08 Å². The maximum Gasteiger partial charge on any atom is 0.146 e. The van der Waals surface area contributed by atoms with Crippen molar-refractivity contribution in [2.45, 2.75) is 66.2 Å². The maximum absolute atomic E-state index is 11.1. The molecule has 2 heteroatoms. The van der Waals surface area contributed by atoms with E-state index in [0.717, 1.165) is 19.0 Å². The molecule has 1 fully saturated rings. The molecule has 0 N–H and O–H groups in total. The highest BCUT2D eigenvalue weighted by molar-refractivity contribution is 5.78. The molecule has 0 aromatic carbocycles. The van der Waals surface area contributed by atoms with Gasteiger partial charge in [0.05, 0.1) is 0 Å².